The second-order valence-corrected chi connectivity index (χ2v) is 4.34. The molecule has 0 unspecified atom stereocenters. The van der Waals surface area contributed by atoms with Crippen molar-refractivity contribution >= 4 is 0 Å². The van der Waals surface area contributed by atoms with Crippen LogP contribution in [-0.4, -0.2) is 7.11 Å². The summed E-state index contributed by atoms with van der Waals surface area (Å²) < 4.78 is 5.25. The summed E-state index contributed by atoms with van der Waals surface area (Å²) in [6.45, 7) is 2.35. The smallest absolute Gasteiger partial charge is 0.119 e. The molecule has 1 heteroatoms. The van der Waals surface area contributed by atoms with Gasteiger partial charge in [-0.05, 0) is 48.4 Å². The molecule has 0 aliphatic heterocycles. The third-order valence-electron chi connectivity index (χ3n) is 3.12. The van der Waals surface area contributed by atoms with Gasteiger partial charge in [-0.15, -0.1) is 0 Å². The standard InChI is InChI=1S/C13H18O/c1-10-4-3-5-11-9-13(14-2)7-6-12(11)8-10/h6-7,9-10H,3-5,8H2,1-2H3/t10-/m0/s1. The lowest BCUT2D eigenvalue weighted by Gasteiger charge is -2.09. The van der Waals surface area contributed by atoms with Gasteiger partial charge in [0, 0.05) is 0 Å². The van der Waals surface area contributed by atoms with Gasteiger partial charge >= 0.3 is 0 Å². The number of hydrogen-bond donors (Lipinski definition) is 0. The molecule has 0 aromatic heterocycles. The van der Waals surface area contributed by atoms with E-state index in [1.807, 2.05) is 0 Å². The zero-order valence-electron chi connectivity index (χ0n) is 9.05. The molecule has 76 valence electrons. The predicted octanol–water partition coefficient (Wildman–Crippen LogP) is 3.21. The average molecular weight is 190 g/mol. The third-order valence-corrected chi connectivity index (χ3v) is 3.12. The van der Waals surface area contributed by atoms with Crippen LogP contribution in [0.2, 0.25) is 0 Å². The van der Waals surface area contributed by atoms with Gasteiger partial charge in [0.15, 0.2) is 0 Å². The number of ether oxygens (including phenoxy) is 1. The first-order chi connectivity index (χ1) is 6.79. The predicted molar refractivity (Wildman–Crippen MR) is 58.8 cm³/mol. The van der Waals surface area contributed by atoms with E-state index in [1.54, 1.807) is 7.11 Å². The maximum Gasteiger partial charge on any atom is 0.119 e. The van der Waals surface area contributed by atoms with Gasteiger partial charge in [0.2, 0.25) is 0 Å². The number of methoxy groups -OCH3 is 1. The van der Waals surface area contributed by atoms with E-state index in [9.17, 15) is 0 Å². The van der Waals surface area contributed by atoms with Gasteiger partial charge < -0.3 is 4.74 Å². The number of rotatable bonds is 1. The van der Waals surface area contributed by atoms with Gasteiger partial charge in [-0.3, -0.25) is 0 Å². The molecular formula is C13H18O. The Bertz CT molecular complexity index is 317. The number of aryl methyl sites for hydroxylation is 1. The van der Waals surface area contributed by atoms with Crippen LogP contribution in [0.5, 0.6) is 5.75 Å². The second kappa shape index (κ2) is 4.04. The lowest BCUT2D eigenvalue weighted by molar-refractivity contribution is 0.414. The Kier molecular flexibility index (Phi) is 2.76. The zero-order valence-corrected chi connectivity index (χ0v) is 9.05. The first-order valence-electron chi connectivity index (χ1n) is 5.45. The average Bonchev–Trinajstić information content (AvgIpc) is 2.37. The summed E-state index contributed by atoms with van der Waals surface area (Å²) in [5.74, 6) is 1.84. The molecular weight excluding hydrogens is 172 g/mol. The molecule has 1 aliphatic rings. The SMILES string of the molecule is COc1ccc2c(c1)CCC[C@H](C)C2. The summed E-state index contributed by atoms with van der Waals surface area (Å²) in [4.78, 5) is 0. The van der Waals surface area contributed by atoms with Crippen molar-refractivity contribution in [2.45, 2.75) is 32.6 Å². The number of benzene rings is 1. The van der Waals surface area contributed by atoms with Crippen LogP contribution >= 0.6 is 0 Å². The number of fused-ring (bicyclic) bond motifs is 1. The van der Waals surface area contributed by atoms with Crippen molar-refractivity contribution in [2.24, 2.45) is 5.92 Å². The molecule has 0 fully saturated rings. The van der Waals surface area contributed by atoms with Crippen LogP contribution in [0.4, 0.5) is 0 Å². The molecule has 1 aromatic rings. The third kappa shape index (κ3) is 1.92. The van der Waals surface area contributed by atoms with Gasteiger partial charge in [-0.2, -0.15) is 0 Å². The molecule has 0 bridgehead atoms. The molecule has 14 heavy (non-hydrogen) atoms. The second-order valence-electron chi connectivity index (χ2n) is 4.34. The molecule has 2 rings (SSSR count). The van der Waals surface area contributed by atoms with E-state index in [4.69, 9.17) is 4.74 Å². The van der Waals surface area contributed by atoms with Crippen LogP contribution in [0, 0.1) is 5.92 Å². The van der Waals surface area contributed by atoms with E-state index in [0.29, 0.717) is 0 Å². The zero-order chi connectivity index (χ0) is 9.97. The lowest BCUT2D eigenvalue weighted by Crippen LogP contribution is -1.97. The fourth-order valence-corrected chi connectivity index (χ4v) is 2.28. The van der Waals surface area contributed by atoms with Gasteiger partial charge in [0.25, 0.3) is 0 Å². The first kappa shape index (κ1) is 9.57. The van der Waals surface area contributed by atoms with Crippen molar-refractivity contribution in [2.75, 3.05) is 7.11 Å². The van der Waals surface area contributed by atoms with Crippen molar-refractivity contribution in [3.63, 3.8) is 0 Å². The van der Waals surface area contributed by atoms with Crippen molar-refractivity contribution in [3.8, 4) is 5.75 Å². The Labute approximate surface area is 86.1 Å². The highest BCUT2D eigenvalue weighted by atomic mass is 16.5. The van der Waals surface area contributed by atoms with Gasteiger partial charge in [-0.25, -0.2) is 0 Å². The summed E-state index contributed by atoms with van der Waals surface area (Å²) in [6, 6.07) is 6.51. The number of hydrogen-bond acceptors (Lipinski definition) is 1. The molecule has 0 heterocycles. The summed E-state index contributed by atoms with van der Waals surface area (Å²) in [5.41, 5.74) is 3.02. The van der Waals surface area contributed by atoms with Crippen LogP contribution in [0.25, 0.3) is 0 Å². The molecule has 1 atom stereocenters. The van der Waals surface area contributed by atoms with Crippen molar-refractivity contribution in [1.82, 2.24) is 0 Å². The minimum Gasteiger partial charge on any atom is -0.497 e. The Balaban J connectivity index is 2.31. The normalized spacial score (nSPS) is 21.1. The fourth-order valence-electron chi connectivity index (χ4n) is 2.28. The van der Waals surface area contributed by atoms with Crippen LogP contribution < -0.4 is 4.74 Å². The Morgan fingerprint density at radius 2 is 2.14 bits per heavy atom. The minimum absolute atomic E-state index is 0.838. The van der Waals surface area contributed by atoms with E-state index in [2.05, 4.69) is 25.1 Å². The largest absolute Gasteiger partial charge is 0.497 e. The lowest BCUT2D eigenvalue weighted by atomic mass is 9.98. The molecule has 0 spiro atoms. The molecule has 1 nitrogen and oxygen atoms in total. The maximum absolute atomic E-state index is 5.25. The molecule has 1 aliphatic carbocycles. The first-order valence-corrected chi connectivity index (χ1v) is 5.45. The Hall–Kier alpha value is -0.980. The summed E-state index contributed by atoms with van der Waals surface area (Å²) in [5, 5.41) is 0. The molecule has 0 N–H and O–H groups in total. The van der Waals surface area contributed by atoms with Gasteiger partial charge in [0.1, 0.15) is 5.75 Å². The van der Waals surface area contributed by atoms with E-state index >= 15 is 0 Å². The van der Waals surface area contributed by atoms with Gasteiger partial charge in [0.05, 0.1) is 7.11 Å². The maximum atomic E-state index is 5.25. The monoisotopic (exact) mass is 190 g/mol. The quantitative estimate of drug-likeness (QED) is 0.618. The highest BCUT2D eigenvalue weighted by Crippen LogP contribution is 2.27. The summed E-state index contributed by atoms with van der Waals surface area (Å²) in [7, 11) is 1.74. The van der Waals surface area contributed by atoms with Crippen molar-refractivity contribution in [3.05, 3.63) is 29.3 Å². The summed E-state index contributed by atoms with van der Waals surface area (Å²) >= 11 is 0. The minimum atomic E-state index is 0.838. The van der Waals surface area contributed by atoms with Crippen LogP contribution in [0.3, 0.4) is 0 Å². The fraction of sp³-hybridized carbons (Fsp3) is 0.538. The Morgan fingerprint density at radius 1 is 1.29 bits per heavy atom. The van der Waals surface area contributed by atoms with Crippen LogP contribution in [-0.2, 0) is 12.8 Å². The molecule has 0 radical (unpaired) electrons. The van der Waals surface area contributed by atoms with E-state index in [1.165, 1.54) is 36.8 Å². The molecule has 0 saturated heterocycles. The van der Waals surface area contributed by atoms with E-state index in [-0.39, 0.29) is 0 Å². The summed E-state index contributed by atoms with van der Waals surface area (Å²) in [6.07, 6.45) is 5.13. The molecule has 0 saturated carbocycles. The molecule has 1 aromatic carbocycles. The van der Waals surface area contributed by atoms with Crippen LogP contribution in [0.15, 0.2) is 18.2 Å². The van der Waals surface area contributed by atoms with Crippen LogP contribution in [0.1, 0.15) is 30.9 Å². The van der Waals surface area contributed by atoms with E-state index < -0.39 is 0 Å². The van der Waals surface area contributed by atoms with Crippen molar-refractivity contribution < 1.29 is 4.74 Å². The Morgan fingerprint density at radius 3 is 2.93 bits per heavy atom. The molecule has 0 amide bonds. The highest BCUT2D eigenvalue weighted by Gasteiger charge is 2.13. The van der Waals surface area contributed by atoms with Gasteiger partial charge in [-0.1, -0.05) is 19.4 Å². The topological polar surface area (TPSA) is 9.23 Å². The highest BCUT2D eigenvalue weighted by molar-refractivity contribution is 5.36. The van der Waals surface area contributed by atoms with Crippen molar-refractivity contribution in [1.29, 1.82) is 0 Å². The van der Waals surface area contributed by atoms with E-state index in [0.717, 1.165) is 11.7 Å².